The molecule has 5 nitrogen and oxygen atoms in total. The second kappa shape index (κ2) is 9.46. The summed E-state index contributed by atoms with van der Waals surface area (Å²) < 4.78 is 0. The van der Waals surface area contributed by atoms with Gasteiger partial charge in [-0.3, -0.25) is 9.59 Å². The number of hydrogen-bond donors (Lipinski definition) is 2. The molecule has 0 bridgehead atoms. The Labute approximate surface area is 170 Å². The first-order valence-corrected chi connectivity index (χ1v) is 9.44. The van der Waals surface area contributed by atoms with Gasteiger partial charge in [0, 0.05) is 16.8 Å². The van der Waals surface area contributed by atoms with Crippen LogP contribution in [0.2, 0.25) is 0 Å². The van der Waals surface area contributed by atoms with Crippen molar-refractivity contribution in [1.82, 2.24) is 5.43 Å². The zero-order valence-electron chi connectivity index (χ0n) is 16.4. The van der Waals surface area contributed by atoms with Crippen molar-refractivity contribution in [2.24, 2.45) is 11.0 Å². The highest BCUT2D eigenvalue weighted by molar-refractivity contribution is 6.05. The molecule has 0 aliphatic rings. The fraction of sp³-hybridized carbons (Fsp3) is 0.125. The number of nitrogens with one attached hydrogen (secondary N) is 2. The highest BCUT2D eigenvalue weighted by Crippen LogP contribution is 2.12. The third kappa shape index (κ3) is 5.39. The van der Waals surface area contributed by atoms with E-state index in [0.29, 0.717) is 16.8 Å². The quantitative estimate of drug-likeness (QED) is 0.476. The summed E-state index contributed by atoms with van der Waals surface area (Å²) in [5, 5.41) is 7.14. The van der Waals surface area contributed by atoms with Gasteiger partial charge >= 0.3 is 0 Å². The number of carbonyl (C=O) groups excluding carboxylic acids is 2. The Morgan fingerprint density at radius 2 is 1.21 bits per heavy atom. The molecule has 3 aromatic rings. The molecule has 0 aromatic heterocycles. The lowest BCUT2D eigenvalue weighted by molar-refractivity contribution is 0.0954. The summed E-state index contributed by atoms with van der Waals surface area (Å²) in [6.07, 6.45) is 0. The van der Waals surface area contributed by atoms with E-state index >= 15 is 0 Å². The summed E-state index contributed by atoms with van der Waals surface area (Å²) in [5.41, 5.74) is 6.06. The second-order valence-corrected chi connectivity index (χ2v) is 6.86. The van der Waals surface area contributed by atoms with Crippen LogP contribution in [-0.4, -0.2) is 17.5 Å². The van der Waals surface area contributed by atoms with Crippen molar-refractivity contribution in [3.05, 3.63) is 102 Å². The molecule has 146 valence electrons. The highest BCUT2D eigenvalue weighted by Gasteiger charge is 2.11. The van der Waals surface area contributed by atoms with Crippen LogP contribution in [0.1, 0.15) is 40.1 Å². The Bertz CT molecular complexity index is 995. The average molecular weight is 385 g/mol. The molecule has 0 unspecified atom stereocenters. The number of rotatable bonds is 6. The Hall–Kier alpha value is -3.73. The van der Waals surface area contributed by atoms with Crippen molar-refractivity contribution < 1.29 is 9.59 Å². The van der Waals surface area contributed by atoms with Gasteiger partial charge in [-0.1, -0.05) is 62.4 Å². The molecule has 0 spiro atoms. The second-order valence-electron chi connectivity index (χ2n) is 6.86. The molecule has 0 saturated heterocycles. The van der Waals surface area contributed by atoms with E-state index in [1.165, 1.54) is 0 Å². The van der Waals surface area contributed by atoms with Crippen LogP contribution in [0.5, 0.6) is 0 Å². The van der Waals surface area contributed by atoms with Crippen LogP contribution in [0.25, 0.3) is 0 Å². The lowest BCUT2D eigenvalue weighted by Gasteiger charge is -2.11. The van der Waals surface area contributed by atoms with Crippen molar-refractivity contribution in [1.29, 1.82) is 0 Å². The Kier molecular flexibility index (Phi) is 6.53. The first-order valence-electron chi connectivity index (χ1n) is 9.44. The van der Waals surface area contributed by atoms with Crippen molar-refractivity contribution in [2.45, 2.75) is 13.8 Å². The van der Waals surface area contributed by atoms with Crippen LogP contribution >= 0.6 is 0 Å². The number of hydrazone groups is 1. The van der Waals surface area contributed by atoms with Gasteiger partial charge in [0.05, 0.1) is 5.71 Å². The summed E-state index contributed by atoms with van der Waals surface area (Å²) in [7, 11) is 0. The zero-order valence-corrected chi connectivity index (χ0v) is 16.4. The fourth-order valence-corrected chi connectivity index (χ4v) is 2.81. The molecule has 0 heterocycles. The van der Waals surface area contributed by atoms with Gasteiger partial charge in [0.1, 0.15) is 0 Å². The van der Waals surface area contributed by atoms with E-state index in [1.807, 2.05) is 62.4 Å². The Balaban J connectivity index is 1.66. The van der Waals surface area contributed by atoms with Gasteiger partial charge in [0.25, 0.3) is 11.8 Å². The number of hydrogen-bond acceptors (Lipinski definition) is 3. The molecule has 29 heavy (non-hydrogen) atoms. The van der Waals surface area contributed by atoms with Crippen LogP contribution in [0.4, 0.5) is 5.69 Å². The SMILES string of the molecule is CC(C)C(=NNC(=O)c1ccc(NC(=O)c2ccccc2)cc1)c1ccccc1. The molecule has 0 saturated carbocycles. The van der Waals surface area contributed by atoms with E-state index in [9.17, 15) is 9.59 Å². The van der Waals surface area contributed by atoms with Crippen LogP contribution in [0.15, 0.2) is 90.0 Å². The summed E-state index contributed by atoms with van der Waals surface area (Å²) in [4.78, 5) is 24.7. The predicted molar refractivity (Wildman–Crippen MR) is 116 cm³/mol. The molecular formula is C24H23N3O2. The van der Waals surface area contributed by atoms with Crippen molar-refractivity contribution in [3.63, 3.8) is 0 Å². The number of nitrogens with zero attached hydrogens (tertiary/aromatic N) is 1. The highest BCUT2D eigenvalue weighted by atomic mass is 16.2. The molecule has 0 aliphatic heterocycles. The van der Waals surface area contributed by atoms with Crippen LogP contribution < -0.4 is 10.7 Å². The largest absolute Gasteiger partial charge is 0.322 e. The monoisotopic (exact) mass is 385 g/mol. The standard InChI is InChI=1S/C24H23N3O2/c1-17(2)22(18-9-5-3-6-10-18)26-27-24(29)20-13-15-21(16-14-20)25-23(28)19-11-7-4-8-12-19/h3-17H,1-2H3,(H,25,28)(H,27,29). The molecule has 0 aliphatic carbocycles. The molecular weight excluding hydrogens is 362 g/mol. The topological polar surface area (TPSA) is 70.6 Å². The van der Waals surface area contributed by atoms with Gasteiger partial charge in [-0.15, -0.1) is 0 Å². The molecule has 0 atom stereocenters. The van der Waals surface area contributed by atoms with E-state index < -0.39 is 0 Å². The van der Waals surface area contributed by atoms with Gasteiger partial charge in [0.15, 0.2) is 0 Å². The Morgan fingerprint density at radius 1 is 0.690 bits per heavy atom. The maximum Gasteiger partial charge on any atom is 0.271 e. The smallest absolute Gasteiger partial charge is 0.271 e. The zero-order chi connectivity index (χ0) is 20.6. The minimum absolute atomic E-state index is 0.160. The summed E-state index contributed by atoms with van der Waals surface area (Å²) in [5.74, 6) is -0.342. The average Bonchev–Trinajstić information content (AvgIpc) is 2.75. The molecule has 2 amide bonds. The van der Waals surface area contributed by atoms with Gasteiger partial charge in [-0.2, -0.15) is 5.10 Å². The maximum atomic E-state index is 12.5. The van der Waals surface area contributed by atoms with Crippen molar-refractivity contribution >= 4 is 23.2 Å². The fourth-order valence-electron chi connectivity index (χ4n) is 2.81. The molecule has 5 heteroatoms. The number of benzene rings is 3. The molecule has 3 aromatic carbocycles. The van der Waals surface area contributed by atoms with E-state index in [2.05, 4.69) is 15.8 Å². The van der Waals surface area contributed by atoms with Gasteiger partial charge < -0.3 is 5.32 Å². The molecule has 2 N–H and O–H groups in total. The molecule has 0 fully saturated rings. The summed E-state index contributed by atoms with van der Waals surface area (Å²) in [6, 6.07) is 25.4. The van der Waals surface area contributed by atoms with E-state index in [-0.39, 0.29) is 17.7 Å². The van der Waals surface area contributed by atoms with E-state index in [1.54, 1.807) is 36.4 Å². The van der Waals surface area contributed by atoms with Gasteiger partial charge in [0.2, 0.25) is 0 Å². The number of amides is 2. The number of anilines is 1. The van der Waals surface area contributed by atoms with Gasteiger partial charge in [-0.25, -0.2) is 5.43 Å². The number of carbonyl (C=O) groups is 2. The minimum atomic E-state index is -0.306. The third-order valence-electron chi connectivity index (χ3n) is 4.34. The lowest BCUT2D eigenvalue weighted by atomic mass is 10.0. The Morgan fingerprint density at radius 3 is 1.76 bits per heavy atom. The van der Waals surface area contributed by atoms with Gasteiger partial charge in [-0.05, 0) is 47.9 Å². The van der Waals surface area contributed by atoms with Crippen LogP contribution in [-0.2, 0) is 0 Å². The summed E-state index contributed by atoms with van der Waals surface area (Å²) in [6.45, 7) is 4.06. The first kappa shape index (κ1) is 20.0. The van der Waals surface area contributed by atoms with E-state index in [0.717, 1.165) is 11.3 Å². The van der Waals surface area contributed by atoms with Crippen LogP contribution in [0.3, 0.4) is 0 Å². The predicted octanol–water partition coefficient (Wildman–Crippen LogP) is 4.73. The maximum absolute atomic E-state index is 12.5. The summed E-state index contributed by atoms with van der Waals surface area (Å²) >= 11 is 0. The normalized spacial score (nSPS) is 11.2. The minimum Gasteiger partial charge on any atom is -0.322 e. The lowest BCUT2D eigenvalue weighted by Crippen LogP contribution is -2.22. The molecule has 3 rings (SSSR count). The van der Waals surface area contributed by atoms with Crippen LogP contribution in [0, 0.1) is 5.92 Å². The van der Waals surface area contributed by atoms with Crippen molar-refractivity contribution in [2.75, 3.05) is 5.32 Å². The first-order chi connectivity index (χ1) is 14.0. The van der Waals surface area contributed by atoms with E-state index in [4.69, 9.17) is 0 Å². The van der Waals surface area contributed by atoms with Crippen molar-refractivity contribution in [3.8, 4) is 0 Å². The third-order valence-corrected chi connectivity index (χ3v) is 4.34. The molecule has 0 radical (unpaired) electrons.